The molecule has 0 aliphatic heterocycles. The van der Waals surface area contributed by atoms with Crippen molar-refractivity contribution in [2.75, 3.05) is 6.61 Å². The first-order valence-electron chi connectivity index (χ1n) is 12.4. The molecule has 37 heavy (non-hydrogen) atoms. The van der Waals surface area contributed by atoms with Crippen LogP contribution in [-0.2, 0) is 28.0 Å². The highest BCUT2D eigenvalue weighted by Gasteiger charge is 2.20. The van der Waals surface area contributed by atoms with Gasteiger partial charge in [-0.1, -0.05) is 62.3 Å². The maximum Gasteiger partial charge on any atom is 0.333 e. The lowest BCUT2D eigenvalue weighted by molar-refractivity contribution is -0.149. The zero-order valence-electron chi connectivity index (χ0n) is 21.9. The largest absolute Gasteiger partial charge is 0.488 e. The summed E-state index contributed by atoms with van der Waals surface area (Å²) in [5.74, 6) is 0.663. The van der Waals surface area contributed by atoms with E-state index in [4.69, 9.17) is 14.0 Å². The number of carbonyl (C=O) groups is 1. The number of benzene rings is 2. The Balaban J connectivity index is 1.39. The molecule has 1 unspecified atom stereocenters. The molecule has 194 valence electrons. The zero-order valence-corrected chi connectivity index (χ0v) is 22.7. The van der Waals surface area contributed by atoms with Crippen molar-refractivity contribution in [2.45, 2.75) is 59.2 Å². The highest BCUT2D eigenvalue weighted by Crippen LogP contribution is 2.34. The molecule has 1 atom stereocenters. The van der Waals surface area contributed by atoms with E-state index in [1.807, 2.05) is 30.3 Å². The van der Waals surface area contributed by atoms with Gasteiger partial charge in [0.2, 0.25) is 0 Å². The Hall–Kier alpha value is -3.42. The molecule has 0 saturated heterocycles. The van der Waals surface area contributed by atoms with Crippen molar-refractivity contribution in [1.29, 1.82) is 0 Å². The third-order valence-corrected chi connectivity index (χ3v) is 7.35. The number of aromatic nitrogens is 1. The van der Waals surface area contributed by atoms with Gasteiger partial charge in [-0.3, -0.25) is 0 Å². The number of hydrogen-bond donors (Lipinski definition) is 1. The molecule has 2 heterocycles. The second kappa shape index (κ2) is 11.3. The molecule has 2 aromatic heterocycles. The van der Waals surface area contributed by atoms with Crippen LogP contribution in [0.5, 0.6) is 5.75 Å². The summed E-state index contributed by atoms with van der Waals surface area (Å²) in [6, 6.07) is 20.1. The van der Waals surface area contributed by atoms with E-state index in [2.05, 4.69) is 63.2 Å². The van der Waals surface area contributed by atoms with E-state index in [-0.39, 0.29) is 5.41 Å². The molecular weight excluding hydrogens is 486 g/mol. The number of aliphatic carboxylic acids is 1. The lowest BCUT2D eigenvalue weighted by Gasteiger charge is -2.13. The number of ether oxygens (including phenoxy) is 2. The van der Waals surface area contributed by atoms with E-state index < -0.39 is 12.1 Å². The Morgan fingerprint density at radius 3 is 2.32 bits per heavy atom. The lowest BCUT2D eigenvalue weighted by Crippen LogP contribution is -2.26. The van der Waals surface area contributed by atoms with Crippen LogP contribution in [0, 0.1) is 6.92 Å². The molecule has 0 saturated carbocycles. The number of carboxylic acids is 1. The van der Waals surface area contributed by atoms with E-state index >= 15 is 0 Å². The van der Waals surface area contributed by atoms with E-state index in [9.17, 15) is 9.90 Å². The number of nitrogens with zero attached hydrogens (tertiary/aromatic N) is 1. The molecule has 4 rings (SSSR count). The van der Waals surface area contributed by atoms with E-state index in [1.54, 1.807) is 18.3 Å². The van der Waals surface area contributed by atoms with Crippen molar-refractivity contribution in [2.24, 2.45) is 0 Å². The summed E-state index contributed by atoms with van der Waals surface area (Å²) in [4.78, 5) is 13.7. The maximum atomic E-state index is 11.3. The molecule has 4 aromatic rings. The van der Waals surface area contributed by atoms with Gasteiger partial charge in [0, 0.05) is 39.8 Å². The van der Waals surface area contributed by atoms with Crippen LogP contribution in [-0.4, -0.2) is 28.9 Å². The number of aryl methyl sites for hydroxylation is 1. The van der Waals surface area contributed by atoms with Gasteiger partial charge in [-0.2, -0.15) is 0 Å². The monoisotopic (exact) mass is 519 g/mol. The Bertz CT molecular complexity index is 1330. The van der Waals surface area contributed by atoms with Crippen molar-refractivity contribution in [3.05, 3.63) is 82.4 Å². The van der Waals surface area contributed by atoms with Crippen molar-refractivity contribution >= 4 is 17.3 Å². The normalized spacial score (nSPS) is 12.5. The molecule has 0 fully saturated rings. The first-order valence-corrected chi connectivity index (χ1v) is 13.2. The van der Waals surface area contributed by atoms with Gasteiger partial charge in [-0.15, -0.1) is 11.3 Å². The number of rotatable bonds is 10. The summed E-state index contributed by atoms with van der Waals surface area (Å²) in [6.45, 7) is 11.0. The summed E-state index contributed by atoms with van der Waals surface area (Å²) >= 11 is 1.72. The summed E-state index contributed by atoms with van der Waals surface area (Å²) in [7, 11) is 0. The van der Waals surface area contributed by atoms with Crippen molar-refractivity contribution < 1.29 is 23.9 Å². The summed E-state index contributed by atoms with van der Waals surface area (Å²) < 4.78 is 16.9. The second-order valence-corrected chi connectivity index (χ2v) is 11.2. The zero-order chi connectivity index (χ0) is 26.6. The molecule has 0 bridgehead atoms. The van der Waals surface area contributed by atoms with Gasteiger partial charge >= 0.3 is 5.97 Å². The van der Waals surface area contributed by atoms with Crippen molar-refractivity contribution in [3.63, 3.8) is 0 Å². The summed E-state index contributed by atoms with van der Waals surface area (Å²) in [5.41, 5.74) is 5.02. The fourth-order valence-corrected chi connectivity index (χ4v) is 4.97. The molecule has 2 aromatic carbocycles. The quantitative estimate of drug-likeness (QED) is 0.237. The Morgan fingerprint density at radius 2 is 1.73 bits per heavy atom. The molecule has 1 N–H and O–H groups in total. The van der Waals surface area contributed by atoms with Crippen LogP contribution in [0.1, 0.15) is 49.5 Å². The van der Waals surface area contributed by atoms with E-state index in [1.165, 1.54) is 10.4 Å². The molecule has 7 heteroatoms. The van der Waals surface area contributed by atoms with Gasteiger partial charge in [-0.05, 0) is 48.7 Å². The van der Waals surface area contributed by atoms with E-state index in [0.717, 1.165) is 38.8 Å². The van der Waals surface area contributed by atoms with Gasteiger partial charge in [0.05, 0.1) is 0 Å². The van der Waals surface area contributed by atoms with Gasteiger partial charge in [0.1, 0.15) is 23.8 Å². The third kappa shape index (κ3) is 6.67. The minimum atomic E-state index is -0.950. The van der Waals surface area contributed by atoms with Crippen LogP contribution in [0.25, 0.3) is 21.7 Å². The molecule has 0 aliphatic rings. The van der Waals surface area contributed by atoms with Gasteiger partial charge in [-0.25, -0.2) is 4.79 Å². The highest BCUT2D eigenvalue weighted by molar-refractivity contribution is 7.15. The minimum Gasteiger partial charge on any atom is -0.488 e. The molecule has 0 radical (unpaired) electrons. The fourth-order valence-electron chi connectivity index (χ4n) is 3.88. The van der Waals surface area contributed by atoms with Crippen molar-refractivity contribution in [1.82, 2.24) is 5.16 Å². The number of thiophene rings is 1. The summed E-state index contributed by atoms with van der Waals surface area (Å²) in [5, 5.41) is 13.5. The minimum absolute atomic E-state index is 0.0762. The Kier molecular flexibility index (Phi) is 8.15. The van der Waals surface area contributed by atoms with Gasteiger partial charge < -0.3 is 19.1 Å². The molecule has 6 nitrogen and oxygen atoms in total. The van der Waals surface area contributed by atoms with Crippen LogP contribution >= 0.6 is 11.3 Å². The Labute approximate surface area is 221 Å². The number of hydrogen-bond acceptors (Lipinski definition) is 6. The third-order valence-electron chi connectivity index (χ3n) is 6.09. The van der Waals surface area contributed by atoms with Crippen LogP contribution in [0.3, 0.4) is 0 Å². The van der Waals surface area contributed by atoms with E-state index in [0.29, 0.717) is 19.6 Å². The average Bonchev–Trinajstić information content (AvgIpc) is 3.51. The Morgan fingerprint density at radius 1 is 1.05 bits per heavy atom. The van der Waals surface area contributed by atoms with Crippen molar-refractivity contribution in [3.8, 4) is 27.4 Å². The first-order chi connectivity index (χ1) is 17.6. The standard InChI is InChI=1S/C30H33NO5S/c1-6-34-25(29(32)33)16-20-7-13-23(14-8-20)35-18-27-19(2)15-26(37-27)22-11-9-21(10-12-22)24-17-28(36-31-24)30(3,4)5/h7-15,17,25H,6,16,18H2,1-5H3,(H,32,33). The lowest BCUT2D eigenvalue weighted by atomic mass is 9.93. The van der Waals surface area contributed by atoms with Crippen LogP contribution < -0.4 is 4.74 Å². The topological polar surface area (TPSA) is 81.8 Å². The SMILES string of the molecule is CCOC(Cc1ccc(OCc2sc(-c3ccc(-c4cc(C(C)(C)C)on4)cc3)cc2C)cc1)C(=O)O. The molecule has 0 amide bonds. The van der Waals surface area contributed by atoms with Crippen LogP contribution in [0.4, 0.5) is 0 Å². The smallest absolute Gasteiger partial charge is 0.333 e. The molecule has 0 aliphatic carbocycles. The molecular formula is C30H33NO5S. The number of carboxylic acid groups (broad SMARTS) is 1. The van der Waals surface area contributed by atoms with Crippen LogP contribution in [0.2, 0.25) is 0 Å². The highest BCUT2D eigenvalue weighted by atomic mass is 32.1. The fraction of sp³-hybridized carbons (Fsp3) is 0.333. The average molecular weight is 520 g/mol. The molecule has 0 spiro atoms. The predicted octanol–water partition coefficient (Wildman–Crippen LogP) is 7.29. The second-order valence-electron chi connectivity index (χ2n) is 10.0. The predicted molar refractivity (Wildman–Crippen MR) is 146 cm³/mol. The van der Waals surface area contributed by atoms with Gasteiger partial charge in [0.15, 0.2) is 6.10 Å². The van der Waals surface area contributed by atoms with Gasteiger partial charge in [0.25, 0.3) is 0 Å². The first kappa shape index (κ1) is 26.6. The maximum absolute atomic E-state index is 11.3. The van der Waals surface area contributed by atoms with Crippen LogP contribution in [0.15, 0.2) is 65.2 Å². The summed E-state index contributed by atoms with van der Waals surface area (Å²) in [6.07, 6.45) is -0.515.